The molecule has 0 saturated carbocycles. The highest BCUT2D eigenvalue weighted by Crippen LogP contribution is 2.11. The van der Waals surface area contributed by atoms with E-state index >= 15 is 0 Å². The minimum atomic E-state index is -1.37. The van der Waals surface area contributed by atoms with E-state index in [2.05, 4.69) is 29.8 Å². The predicted molar refractivity (Wildman–Crippen MR) is 46.4 cm³/mol. The smallest absolute Gasteiger partial charge is 0.213 e. The number of nitrogens with zero attached hydrogens (tertiary/aromatic N) is 3. The van der Waals surface area contributed by atoms with E-state index in [-0.39, 0.29) is 5.82 Å². The summed E-state index contributed by atoms with van der Waals surface area (Å²) in [6.07, 6.45) is 3.36. The van der Waals surface area contributed by atoms with E-state index in [9.17, 15) is 4.91 Å². The van der Waals surface area contributed by atoms with Gasteiger partial charge in [0, 0.05) is 6.20 Å². The average molecular weight is 169 g/mol. The highest BCUT2D eigenvalue weighted by atomic mass is 28.3. The minimum Gasteiger partial charge on any atom is -0.363 e. The maximum absolute atomic E-state index is 10.0. The molecule has 0 fully saturated rings. The molecular formula is C6H11N3OSi. The van der Waals surface area contributed by atoms with Crippen LogP contribution in [0.3, 0.4) is 0 Å². The Labute approximate surface area is 66.3 Å². The van der Waals surface area contributed by atoms with E-state index in [0.29, 0.717) is 0 Å². The molecule has 0 unspecified atom stereocenters. The SMILES string of the molecule is C[Si](C)(C)n1cnc(N=O)c1. The van der Waals surface area contributed by atoms with E-state index in [0.717, 1.165) is 0 Å². The van der Waals surface area contributed by atoms with Gasteiger partial charge in [-0.2, -0.15) is 0 Å². The Kier molecular flexibility index (Phi) is 1.90. The maximum Gasteiger partial charge on any atom is 0.213 e. The Hall–Kier alpha value is -0.973. The summed E-state index contributed by atoms with van der Waals surface area (Å²) in [5, 5.41) is 2.74. The quantitative estimate of drug-likeness (QED) is 0.502. The molecule has 0 saturated heterocycles. The second-order valence-corrected chi connectivity index (χ2v) is 8.26. The highest BCUT2D eigenvalue weighted by molar-refractivity contribution is 6.74. The number of hydrogen-bond donors (Lipinski definition) is 0. The third-order valence-electron chi connectivity index (χ3n) is 1.44. The standard InChI is InChI=1S/C6H11N3OSi/c1-11(2,3)9-4-6(8-10)7-5-9/h4-5H,1-3H3. The Morgan fingerprint density at radius 2 is 2.18 bits per heavy atom. The van der Waals surface area contributed by atoms with Crippen molar-refractivity contribution in [2.45, 2.75) is 19.6 Å². The molecule has 0 aliphatic carbocycles. The van der Waals surface area contributed by atoms with Gasteiger partial charge < -0.3 is 4.23 Å². The molecule has 11 heavy (non-hydrogen) atoms. The third kappa shape index (κ3) is 1.74. The van der Waals surface area contributed by atoms with Gasteiger partial charge in [0.1, 0.15) is 0 Å². The van der Waals surface area contributed by atoms with Crippen molar-refractivity contribution in [3.05, 3.63) is 17.4 Å². The summed E-state index contributed by atoms with van der Waals surface area (Å²) >= 11 is 0. The van der Waals surface area contributed by atoms with Crippen molar-refractivity contribution in [1.29, 1.82) is 0 Å². The lowest BCUT2D eigenvalue weighted by atomic mass is 10.8. The van der Waals surface area contributed by atoms with Crippen molar-refractivity contribution in [2.75, 3.05) is 0 Å². The lowest BCUT2D eigenvalue weighted by Gasteiger charge is -2.16. The van der Waals surface area contributed by atoms with Gasteiger partial charge in [-0.05, 0) is 5.18 Å². The average Bonchev–Trinajstić information content (AvgIpc) is 2.32. The molecule has 0 aliphatic heterocycles. The second-order valence-electron chi connectivity index (χ2n) is 3.40. The molecular weight excluding hydrogens is 158 g/mol. The molecule has 1 aromatic rings. The molecule has 0 spiro atoms. The summed E-state index contributed by atoms with van der Waals surface area (Å²) in [5.41, 5.74) is 0. The van der Waals surface area contributed by atoms with E-state index in [1.54, 1.807) is 12.5 Å². The zero-order chi connectivity index (χ0) is 8.48. The molecule has 60 valence electrons. The van der Waals surface area contributed by atoms with Crippen LogP contribution in [-0.4, -0.2) is 17.5 Å². The zero-order valence-corrected chi connectivity index (χ0v) is 7.90. The summed E-state index contributed by atoms with van der Waals surface area (Å²) in [4.78, 5) is 13.9. The van der Waals surface area contributed by atoms with Crippen LogP contribution in [0.25, 0.3) is 0 Å². The largest absolute Gasteiger partial charge is 0.363 e. The van der Waals surface area contributed by atoms with Crippen LogP contribution in [-0.2, 0) is 0 Å². The minimum absolute atomic E-state index is 0.271. The first-order chi connectivity index (χ1) is 5.04. The summed E-state index contributed by atoms with van der Waals surface area (Å²) in [6.45, 7) is 6.51. The number of imidazole rings is 1. The maximum atomic E-state index is 10.0. The molecule has 0 aliphatic rings. The molecule has 1 rings (SSSR count). The molecule has 0 aromatic carbocycles. The molecule has 1 aromatic heterocycles. The van der Waals surface area contributed by atoms with Crippen LogP contribution in [0.1, 0.15) is 0 Å². The Bertz CT molecular complexity index is 263. The molecule has 0 N–H and O–H groups in total. The fraction of sp³-hybridized carbons (Fsp3) is 0.500. The van der Waals surface area contributed by atoms with Gasteiger partial charge in [-0.3, -0.25) is 0 Å². The second kappa shape index (κ2) is 2.58. The third-order valence-corrected chi connectivity index (χ3v) is 3.23. The summed E-state index contributed by atoms with van der Waals surface area (Å²) in [5.74, 6) is 0.271. The van der Waals surface area contributed by atoms with Crippen LogP contribution in [0.4, 0.5) is 5.82 Å². The first-order valence-electron chi connectivity index (χ1n) is 3.42. The lowest BCUT2D eigenvalue weighted by Crippen LogP contribution is -2.30. The van der Waals surface area contributed by atoms with E-state index in [4.69, 9.17) is 0 Å². The van der Waals surface area contributed by atoms with Crippen LogP contribution in [0, 0.1) is 4.91 Å². The van der Waals surface area contributed by atoms with Crippen molar-refractivity contribution in [2.24, 2.45) is 5.18 Å². The number of aromatic nitrogens is 2. The van der Waals surface area contributed by atoms with Crippen LogP contribution in [0.15, 0.2) is 17.7 Å². The Balaban J connectivity index is 2.98. The van der Waals surface area contributed by atoms with Gasteiger partial charge in [-0.25, -0.2) is 4.98 Å². The first kappa shape index (κ1) is 8.13. The van der Waals surface area contributed by atoms with Gasteiger partial charge in [-0.15, -0.1) is 4.91 Å². The van der Waals surface area contributed by atoms with E-state index < -0.39 is 8.24 Å². The van der Waals surface area contributed by atoms with Crippen molar-refractivity contribution in [3.63, 3.8) is 0 Å². The van der Waals surface area contributed by atoms with Gasteiger partial charge in [0.25, 0.3) is 0 Å². The summed E-state index contributed by atoms with van der Waals surface area (Å²) in [7, 11) is -1.37. The van der Waals surface area contributed by atoms with Gasteiger partial charge in [0.15, 0.2) is 8.24 Å². The molecule has 1 heterocycles. The monoisotopic (exact) mass is 169 g/mol. The van der Waals surface area contributed by atoms with Crippen molar-refractivity contribution in [3.8, 4) is 0 Å². The van der Waals surface area contributed by atoms with Crippen LogP contribution in [0.2, 0.25) is 19.6 Å². The molecule has 0 bridgehead atoms. The normalized spacial score (nSPS) is 11.5. The number of hydrogen-bond acceptors (Lipinski definition) is 3. The Morgan fingerprint density at radius 1 is 1.55 bits per heavy atom. The van der Waals surface area contributed by atoms with Gasteiger partial charge >= 0.3 is 0 Å². The predicted octanol–water partition coefficient (Wildman–Crippen LogP) is 1.96. The lowest BCUT2D eigenvalue weighted by molar-refractivity contribution is 1.12. The van der Waals surface area contributed by atoms with Crippen LogP contribution < -0.4 is 0 Å². The molecule has 4 nitrogen and oxygen atoms in total. The Morgan fingerprint density at radius 3 is 2.45 bits per heavy atom. The molecule has 0 amide bonds. The van der Waals surface area contributed by atoms with Crippen LogP contribution >= 0.6 is 0 Å². The first-order valence-corrected chi connectivity index (χ1v) is 6.86. The van der Waals surface area contributed by atoms with Gasteiger partial charge in [-0.1, -0.05) is 19.6 Å². The summed E-state index contributed by atoms with van der Waals surface area (Å²) in [6, 6.07) is 0. The molecule has 0 radical (unpaired) electrons. The fourth-order valence-electron chi connectivity index (χ4n) is 0.726. The molecule has 5 heteroatoms. The topological polar surface area (TPSA) is 47.2 Å². The van der Waals surface area contributed by atoms with Crippen molar-refractivity contribution in [1.82, 2.24) is 9.22 Å². The van der Waals surface area contributed by atoms with Gasteiger partial charge in [0.05, 0.1) is 6.33 Å². The van der Waals surface area contributed by atoms with Crippen LogP contribution in [0.5, 0.6) is 0 Å². The van der Waals surface area contributed by atoms with Crippen molar-refractivity contribution < 1.29 is 0 Å². The number of rotatable bonds is 2. The highest BCUT2D eigenvalue weighted by Gasteiger charge is 2.16. The summed E-state index contributed by atoms with van der Waals surface area (Å²) < 4.78 is 1.99. The van der Waals surface area contributed by atoms with Crippen molar-refractivity contribution >= 4 is 14.1 Å². The van der Waals surface area contributed by atoms with Gasteiger partial charge in [0.2, 0.25) is 5.82 Å². The zero-order valence-electron chi connectivity index (χ0n) is 6.90. The van der Waals surface area contributed by atoms with E-state index in [1.165, 1.54) is 0 Å². The number of nitroso groups, excluding NO2 is 1. The van der Waals surface area contributed by atoms with E-state index in [1.807, 2.05) is 4.23 Å². The molecule has 0 atom stereocenters. The fourth-order valence-corrected chi connectivity index (χ4v) is 1.63.